The van der Waals surface area contributed by atoms with Gasteiger partial charge in [-0.2, -0.15) is 0 Å². The average Bonchev–Trinajstić information content (AvgIpc) is 2.30. The van der Waals surface area contributed by atoms with E-state index in [-0.39, 0.29) is 12.2 Å². The molecule has 1 aliphatic heterocycles. The molecule has 2 fully saturated rings. The summed E-state index contributed by atoms with van der Waals surface area (Å²) in [7, 11) is 0. The highest BCUT2D eigenvalue weighted by Crippen LogP contribution is 2.31. The van der Waals surface area contributed by atoms with Gasteiger partial charge in [0.2, 0.25) is 0 Å². The molecule has 1 unspecified atom stereocenters. The predicted molar refractivity (Wildman–Crippen MR) is 70.0 cm³/mol. The fourth-order valence-electron chi connectivity index (χ4n) is 3.53. The van der Waals surface area contributed by atoms with Gasteiger partial charge in [0.15, 0.2) is 0 Å². The van der Waals surface area contributed by atoms with Crippen molar-refractivity contribution >= 4 is 0 Å². The van der Waals surface area contributed by atoms with Gasteiger partial charge < -0.3 is 5.32 Å². The maximum atomic E-state index is 12.7. The van der Waals surface area contributed by atoms with Crippen molar-refractivity contribution in [3.8, 4) is 0 Å². The van der Waals surface area contributed by atoms with Crippen molar-refractivity contribution in [2.75, 3.05) is 26.3 Å². The number of halogens is 1. The lowest BCUT2D eigenvalue weighted by molar-refractivity contribution is 0.0437. The van der Waals surface area contributed by atoms with Crippen LogP contribution in [0.15, 0.2) is 0 Å². The first-order valence-corrected chi connectivity index (χ1v) is 7.17. The van der Waals surface area contributed by atoms with Crippen molar-refractivity contribution < 1.29 is 4.39 Å². The van der Waals surface area contributed by atoms with Gasteiger partial charge in [-0.05, 0) is 32.6 Å². The van der Waals surface area contributed by atoms with Crippen molar-refractivity contribution in [3.63, 3.8) is 0 Å². The zero-order valence-electron chi connectivity index (χ0n) is 11.3. The van der Waals surface area contributed by atoms with E-state index in [1.165, 1.54) is 32.1 Å². The number of hydrogen-bond acceptors (Lipinski definition) is 2. The van der Waals surface area contributed by atoms with Crippen LogP contribution in [0.25, 0.3) is 0 Å². The Balaban J connectivity index is 1.98. The van der Waals surface area contributed by atoms with Crippen LogP contribution in [0.1, 0.15) is 46.0 Å². The Morgan fingerprint density at radius 3 is 2.59 bits per heavy atom. The van der Waals surface area contributed by atoms with Crippen LogP contribution in [0.2, 0.25) is 0 Å². The highest BCUT2D eigenvalue weighted by Gasteiger charge is 2.36. The second-order valence-electron chi connectivity index (χ2n) is 6.39. The molecule has 2 nitrogen and oxygen atoms in total. The molecule has 2 aliphatic rings. The number of nitrogens with zero attached hydrogens (tertiary/aromatic N) is 1. The summed E-state index contributed by atoms with van der Waals surface area (Å²) in [6.07, 6.45) is 6.82. The topological polar surface area (TPSA) is 15.3 Å². The van der Waals surface area contributed by atoms with Crippen LogP contribution >= 0.6 is 0 Å². The molecule has 0 aromatic heterocycles. The maximum Gasteiger partial charge on any atom is 0.102 e. The number of rotatable bonds is 3. The molecule has 0 spiro atoms. The fourth-order valence-corrected chi connectivity index (χ4v) is 3.53. The molecule has 0 aromatic carbocycles. The van der Waals surface area contributed by atoms with Crippen molar-refractivity contribution in [1.29, 1.82) is 0 Å². The number of alkyl halides is 1. The van der Waals surface area contributed by atoms with Crippen molar-refractivity contribution in [2.45, 2.75) is 57.5 Å². The van der Waals surface area contributed by atoms with Gasteiger partial charge in [-0.15, -0.1) is 0 Å². The minimum Gasteiger partial charge on any atom is -0.309 e. The summed E-state index contributed by atoms with van der Waals surface area (Å²) in [6, 6.07) is 0.569. The van der Waals surface area contributed by atoms with E-state index in [0.29, 0.717) is 12.6 Å². The van der Waals surface area contributed by atoms with Gasteiger partial charge in [0, 0.05) is 31.2 Å². The minimum atomic E-state index is -0.209. The molecule has 1 aliphatic carbocycles. The Labute approximate surface area is 105 Å². The average molecular weight is 242 g/mol. The standard InChI is InChI=1S/C14H27FN2/c1-14(2)11-17(9-8-15)13(10-16-14)12-6-4-3-5-7-12/h12-13,16H,3-11H2,1-2H3. The molecule has 0 bridgehead atoms. The zero-order valence-corrected chi connectivity index (χ0v) is 11.3. The lowest BCUT2D eigenvalue weighted by Gasteiger charge is -2.48. The van der Waals surface area contributed by atoms with E-state index >= 15 is 0 Å². The molecular formula is C14H27FN2. The zero-order chi connectivity index (χ0) is 12.3. The Kier molecular flexibility index (Phi) is 4.42. The van der Waals surface area contributed by atoms with Gasteiger partial charge in [-0.1, -0.05) is 19.3 Å². The molecule has 1 N–H and O–H groups in total. The van der Waals surface area contributed by atoms with E-state index in [1.807, 2.05) is 0 Å². The predicted octanol–water partition coefficient (Wildman–Crippen LogP) is 2.59. The highest BCUT2D eigenvalue weighted by atomic mass is 19.1. The van der Waals surface area contributed by atoms with E-state index in [2.05, 4.69) is 24.1 Å². The molecule has 17 heavy (non-hydrogen) atoms. The van der Waals surface area contributed by atoms with E-state index in [9.17, 15) is 4.39 Å². The maximum absolute atomic E-state index is 12.7. The molecular weight excluding hydrogens is 215 g/mol. The molecule has 1 saturated heterocycles. The van der Waals surface area contributed by atoms with Crippen LogP contribution in [0.5, 0.6) is 0 Å². The highest BCUT2D eigenvalue weighted by molar-refractivity contribution is 4.95. The number of nitrogens with one attached hydrogen (secondary N) is 1. The van der Waals surface area contributed by atoms with Crippen LogP contribution in [-0.2, 0) is 0 Å². The van der Waals surface area contributed by atoms with Crippen molar-refractivity contribution in [3.05, 3.63) is 0 Å². The summed E-state index contributed by atoms with van der Waals surface area (Å²) in [4.78, 5) is 2.40. The van der Waals surface area contributed by atoms with Crippen LogP contribution in [-0.4, -0.2) is 42.8 Å². The van der Waals surface area contributed by atoms with Gasteiger partial charge in [-0.25, -0.2) is 4.39 Å². The molecule has 0 aromatic rings. The summed E-state index contributed by atoms with van der Waals surface area (Å²) in [6.45, 7) is 6.87. The first-order valence-electron chi connectivity index (χ1n) is 7.17. The third-order valence-electron chi connectivity index (χ3n) is 4.42. The molecule has 100 valence electrons. The van der Waals surface area contributed by atoms with Gasteiger partial charge in [0.05, 0.1) is 0 Å². The molecule has 1 atom stereocenters. The lowest BCUT2D eigenvalue weighted by Crippen LogP contribution is -2.63. The molecule has 1 heterocycles. The van der Waals surface area contributed by atoms with Crippen LogP contribution in [0.4, 0.5) is 4.39 Å². The summed E-state index contributed by atoms with van der Waals surface area (Å²) in [5.41, 5.74) is 0.139. The largest absolute Gasteiger partial charge is 0.309 e. The first-order chi connectivity index (χ1) is 8.12. The normalized spacial score (nSPS) is 31.6. The van der Waals surface area contributed by atoms with E-state index in [4.69, 9.17) is 0 Å². The van der Waals surface area contributed by atoms with Crippen molar-refractivity contribution in [1.82, 2.24) is 10.2 Å². The third kappa shape index (κ3) is 3.41. The smallest absolute Gasteiger partial charge is 0.102 e. The first kappa shape index (κ1) is 13.3. The molecule has 1 saturated carbocycles. The number of piperazine rings is 1. The second kappa shape index (κ2) is 5.66. The summed E-state index contributed by atoms with van der Waals surface area (Å²) in [5.74, 6) is 0.791. The SMILES string of the molecule is CC1(C)CN(CCF)C(C2CCCCC2)CN1. The molecule has 0 amide bonds. The van der Waals surface area contributed by atoms with E-state index < -0.39 is 0 Å². The summed E-state index contributed by atoms with van der Waals surface area (Å²) in [5, 5.41) is 3.63. The summed E-state index contributed by atoms with van der Waals surface area (Å²) < 4.78 is 12.7. The van der Waals surface area contributed by atoms with Crippen LogP contribution < -0.4 is 5.32 Å². The second-order valence-corrected chi connectivity index (χ2v) is 6.39. The van der Waals surface area contributed by atoms with E-state index in [1.54, 1.807) is 0 Å². The van der Waals surface area contributed by atoms with Gasteiger partial charge in [-0.3, -0.25) is 4.90 Å². The Bertz CT molecular complexity index is 236. The summed E-state index contributed by atoms with van der Waals surface area (Å²) >= 11 is 0. The third-order valence-corrected chi connectivity index (χ3v) is 4.42. The van der Waals surface area contributed by atoms with Gasteiger partial charge in [0.25, 0.3) is 0 Å². The van der Waals surface area contributed by atoms with Gasteiger partial charge >= 0.3 is 0 Å². The van der Waals surface area contributed by atoms with Crippen molar-refractivity contribution in [2.24, 2.45) is 5.92 Å². The number of hydrogen-bond donors (Lipinski definition) is 1. The van der Waals surface area contributed by atoms with E-state index in [0.717, 1.165) is 19.0 Å². The van der Waals surface area contributed by atoms with Crippen LogP contribution in [0, 0.1) is 5.92 Å². The Morgan fingerprint density at radius 2 is 1.94 bits per heavy atom. The molecule has 3 heteroatoms. The lowest BCUT2D eigenvalue weighted by atomic mass is 9.81. The monoisotopic (exact) mass is 242 g/mol. The Morgan fingerprint density at radius 1 is 1.24 bits per heavy atom. The fraction of sp³-hybridized carbons (Fsp3) is 1.00. The Hall–Kier alpha value is -0.150. The minimum absolute atomic E-state index is 0.139. The molecule has 2 rings (SSSR count). The quantitative estimate of drug-likeness (QED) is 0.818. The molecule has 0 radical (unpaired) electrons. The van der Waals surface area contributed by atoms with Gasteiger partial charge in [0.1, 0.15) is 6.67 Å². The van der Waals surface area contributed by atoms with Crippen LogP contribution in [0.3, 0.4) is 0 Å².